The summed E-state index contributed by atoms with van der Waals surface area (Å²) in [6.07, 6.45) is 0. The van der Waals surface area contributed by atoms with Crippen molar-refractivity contribution < 1.29 is 13.6 Å². The minimum absolute atomic E-state index is 0.0904. The minimum atomic E-state index is -0.812. The van der Waals surface area contributed by atoms with Gasteiger partial charge < -0.3 is 4.90 Å². The van der Waals surface area contributed by atoms with Gasteiger partial charge in [0.25, 0.3) is 5.91 Å². The molecular weight excluding hydrogens is 262 g/mol. The summed E-state index contributed by atoms with van der Waals surface area (Å²) < 4.78 is 26.2. The Balaban J connectivity index is 2.35. The van der Waals surface area contributed by atoms with E-state index in [2.05, 4.69) is 0 Å². The fourth-order valence-electron chi connectivity index (χ4n) is 1.77. The molecule has 2 aromatic rings. The fourth-order valence-corrected chi connectivity index (χ4v) is 1.77. The molecule has 0 bridgehead atoms. The lowest BCUT2D eigenvalue weighted by atomic mass is 10.1. The molecule has 0 unspecified atom stereocenters. The van der Waals surface area contributed by atoms with Crippen molar-refractivity contribution in [1.29, 1.82) is 5.26 Å². The highest BCUT2D eigenvalue weighted by atomic mass is 19.1. The van der Waals surface area contributed by atoms with E-state index in [1.807, 2.05) is 6.07 Å². The largest absolute Gasteiger partial charge is 0.311 e. The molecule has 0 aliphatic carbocycles. The number of nitrogens with zero attached hydrogens (tertiary/aromatic N) is 2. The maximum atomic E-state index is 13.1. The maximum Gasteiger partial charge on any atom is 0.258 e. The SMILES string of the molecule is CN(C(=O)c1cc(F)cc(F)c1)c1cccc(C#N)c1. The molecule has 0 radical (unpaired) electrons. The predicted molar refractivity (Wildman–Crippen MR) is 70.2 cm³/mol. The molecule has 0 aliphatic heterocycles. The van der Waals surface area contributed by atoms with Gasteiger partial charge in [-0.25, -0.2) is 8.78 Å². The van der Waals surface area contributed by atoms with E-state index in [-0.39, 0.29) is 5.56 Å². The van der Waals surface area contributed by atoms with Gasteiger partial charge in [0.15, 0.2) is 0 Å². The van der Waals surface area contributed by atoms with Crippen LogP contribution in [0.3, 0.4) is 0 Å². The molecule has 2 aromatic carbocycles. The maximum absolute atomic E-state index is 13.1. The number of halogens is 2. The quantitative estimate of drug-likeness (QED) is 0.843. The van der Waals surface area contributed by atoms with Gasteiger partial charge in [-0.05, 0) is 30.3 Å². The van der Waals surface area contributed by atoms with Gasteiger partial charge in [0.2, 0.25) is 0 Å². The van der Waals surface area contributed by atoms with Crippen LogP contribution in [0.1, 0.15) is 15.9 Å². The van der Waals surface area contributed by atoms with Crippen LogP contribution in [-0.4, -0.2) is 13.0 Å². The number of benzene rings is 2. The Morgan fingerprint density at radius 3 is 2.40 bits per heavy atom. The van der Waals surface area contributed by atoms with E-state index in [4.69, 9.17) is 5.26 Å². The zero-order chi connectivity index (χ0) is 14.7. The predicted octanol–water partition coefficient (Wildman–Crippen LogP) is 3.11. The lowest BCUT2D eigenvalue weighted by molar-refractivity contribution is 0.0992. The van der Waals surface area contributed by atoms with Crippen molar-refractivity contribution in [2.24, 2.45) is 0 Å². The smallest absolute Gasteiger partial charge is 0.258 e. The first kappa shape index (κ1) is 13.7. The van der Waals surface area contributed by atoms with Gasteiger partial charge in [-0.15, -0.1) is 0 Å². The van der Waals surface area contributed by atoms with Crippen molar-refractivity contribution >= 4 is 11.6 Å². The first-order valence-electron chi connectivity index (χ1n) is 5.75. The van der Waals surface area contributed by atoms with Crippen LogP contribution in [0.5, 0.6) is 0 Å². The van der Waals surface area contributed by atoms with E-state index < -0.39 is 17.5 Å². The number of carbonyl (C=O) groups excluding carboxylic acids is 1. The van der Waals surface area contributed by atoms with Crippen molar-refractivity contribution in [3.8, 4) is 6.07 Å². The Morgan fingerprint density at radius 1 is 1.15 bits per heavy atom. The van der Waals surface area contributed by atoms with Gasteiger partial charge in [-0.1, -0.05) is 6.07 Å². The van der Waals surface area contributed by atoms with E-state index in [0.29, 0.717) is 17.3 Å². The molecule has 0 heterocycles. The van der Waals surface area contributed by atoms with Crippen molar-refractivity contribution in [3.05, 3.63) is 65.2 Å². The highest BCUT2D eigenvalue weighted by molar-refractivity contribution is 6.05. The number of carbonyl (C=O) groups is 1. The molecular formula is C15H10F2N2O. The molecule has 1 amide bonds. The molecule has 5 heteroatoms. The summed E-state index contributed by atoms with van der Waals surface area (Å²) in [4.78, 5) is 13.4. The summed E-state index contributed by atoms with van der Waals surface area (Å²) in [6, 6.07) is 11.0. The van der Waals surface area contributed by atoms with Crippen molar-refractivity contribution in [3.63, 3.8) is 0 Å². The number of hydrogen-bond acceptors (Lipinski definition) is 2. The second-order valence-corrected chi connectivity index (χ2v) is 4.18. The number of amides is 1. The number of rotatable bonds is 2. The Labute approximate surface area is 114 Å². The molecule has 20 heavy (non-hydrogen) atoms. The average Bonchev–Trinajstić information content (AvgIpc) is 2.44. The van der Waals surface area contributed by atoms with Crippen LogP contribution < -0.4 is 4.90 Å². The molecule has 0 aromatic heterocycles. The summed E-state index contributed by atoms with van der Waals surface area (Å²) in [7, 11) is 1.47. The van der Waals surface area contributed by atoms with Gasteiger partial charge in [0, 0.05) is 24.4 Å². The lowest BCUT2D eigenvalue weighted by Crippen LogP contribution is -2.26. The first-order valence-corrected chi connectivity index (χ1v) is 5.75. The van der Waals surface area contributed by atoms with Crippen molar-refractivity contribution in [1.82, 2.24) is 0 Å². The van der Waals surface area contributed by atoms with Gasteiger partial charge >= 0.3 is 0 Å². The zero-order valence-corrected chi connectivity index (χ0v) is 10.6. The number of anilines is 1. The van der Waals surface area contributed by atoms with E-state index in [1.165, 1.54) is 18.0 Å². The third-order valence-corrected chi connectivity index (χ3v) is 2.78. The zero-order valence-electron chi connectivity index (χ0n) is 10.6. The normalized spacial score (nSPS) is 9.90. The standard InChI is InChI=1S/C15H10F2N2O/c1-19(14-4-2-3-10(5-14)9-18)15(20)11-6-12(16)8-13(17)7-11/h2-8H,1H3. The van der Waals surface area contributed by atoms with Gasteiger partial charge in [-0.2, -0.15) is 5.26 Å². The Bertz CT molecular complexity index is 687. The van der Waals surface area contributed by atoms with Crippen molar-refractivity contribution in [2.45, 2.75) is 0 Å². The van der Waals surface area contributed by atoms with Crippen LogP contribution in [0, 0.1) is 23.0 Å². The van der Waals surface area contributed by atoms with E-state index in [0.717, 1.165) is 12.1 Å². The van der Waals surface area contributed by atoms with Gasteiger partial charge in [-0.3, -0.25) is 4.79 Å². The summed E-state index contributed by atoms with van der Waals surface area (Å²) in [5.74, 6) is -2.18. The van der Waals surface area contributed by atoms with E-state index >= 15 is 0 Å². The Kier molecular flexibility index (Phi) is 3.76. The summed E-state index contributed by atoms with van der Waals surface area (Å²) in [5, 5.41) is 8.82. The van der Waals surface area contributed by atoms with Crippen molar-refractivity contribution in [2.75, 3.05) is 11.9 Å². The van der Waals surface area contributed by atoms with Crippen LogP contribution in [0.25, 0.3) is 0 Å². The van der Waals surface area contributed by atoms with Crippen LogP contribution >= 0.6 is 0 Å². The molecule has 0 aliphatic rings. The topological polar surface area (TPSA) is 44.1 Å². The van der Waals surface area contributed by atoms with Gasteiger partial charge in [0.1, 0.15) is 11.6 Å². The second-order valence-electron chi connectivity index (χ2n) is 4.18. The van der Waals surface area contributed by atoms with Crippen LogP contribution in [0.4, 0.5) is 14.5 Å². The summed E-state index contributed by atoms with van der Waals surface area (Å²) in [5.41, 5.74) is 0.777. The molecule has 0 fully saturated rings. The van der Waals surface area contributed by atoms with Crippen LogP contribution in [-0.2, 0) is 0 Å². The molecule has 0 saturated heterocycles. The summed E-state index contributed by atoms with van der Waals surface area (Å²) in [6.45, 7) is 0. The Hall–Kier alpha value is -2.74. The second kappa shape index (κ2) is 5.49. The first-order chi connectivity index (χ1) is 9.51. The highest BCUT2D eigenvalue weighted by Crippen LogP contribution is 2.18. The molecule has 100 valence electrons. The molecule has 2 rings (SSSR count). The van der Waals surface area contributed by atoms with E-state index in [1.54, 1.807) is 18.2 Å². The monoisotopic (exact) mass is 272 g/mol. The van der Waals surface area contributed by atoms with Crippen LogP contribution in [0.15, 0.2) is 42.5 Å². The molecule has 0 spiro atoms. The number of hydrogen-bond donors (Lipinski definition) is 0. The van der Waals surface area contributed by atoms with Crippen LogP contribution in [0.2, 0.25) is 0 Å². The molecule has 0 atom stereocenters. The fraction of sp³-hybridized carbons (Fsp3) is 0.0667. The minimum Gasteiger partial charge on any atom is -0.311 e. The van der Waals surface area contributed by atoms with E-state index in [9.17, 15) is 13.6 Å². The third-order valence-electron chi connectivity index (χ3n) is 2.78. The van der Waals surface area contributed by atoms with Gasteiger partial charge in [0.05, 0.1) is 11.6 Å². The summed E-state index contributed by atoms with van der Waals surface area (Å²) >= 11 is 0. The number of nitriles is 1. The highest BCUT2D eigenvalue weighted by Gasteiger charge is 2.15. The Morgan fingerprint density at radius 2 is 1.80 bits per heavy atom. The lowest BCUT2D eigenvalue weighted by Gasteiger charge is -2.17. The average molecular weight is 272 g/mol. The molecule has 0 saturated carbocycles. The molecule has 0 N–H and O–H groups in total. The molecule has 3 nitrogen and oxygen atoms in total. The third kappa shape index (κ3) is 2.81.